The summed E-state index contributed by atoms with van der Waals surface area (Å²) in [7, 11) is 0. The molecule has 1 aliphatic carbocycles. The molecule has 1 aromatic heterocycles. The Balaban J connectivity index is 1.86. The van der Waals surface area contributed by atoms with Crippen molar-refractivity contribution in [3.05, 3.63) is 22.4 Å². The topological polar surface area (TPSA) is 53.8 Å². The van der Waals surface area contributed by atoms with Crippen molar-refractivity contribution in [2.24, 2.45) is 17.6 Å². The maximum Gasteiger partial charge on any atom is 0.0822 e. The van der Waals surface area contributed by atoms with E-state index in [1.165, 1.54) is 5.69 Å². The van der Waals surface area contributed by atoms with Gasteiger partial charge in [-0.2, -0.15) is 0 Å². The number of aromatic amines is 1. The number of nitrogens with two attached hydrogens (primary N) is 1. The lowest BCUT2D eigenvalue weighted by Crippen LogP contribution is -2.25. The number of fused-ring (bicyclic) bond motifs is 1. The van der Waals surface area contributed by atoms with Crippen molar-refractivity contribution in [2.45, 2.75) is 12.1 Å². The van der Waals surface area contributed by atoms with E-state index in [9.17, 15) is 0 Å². The van der Waals surface area contributed by atoms with Gasteiger partial charge in [0.25, 0.3) is 0 Å². The molecule has 2 fully saturated rings. The van der Waals surface area contributed by atoms with E-state index in [2.05, 4.69) is 32.3 Å². The Hall–Kier alpha value is -0.320. The Morgan fingerprint density at radius 1 is 1.46 bits per heavy atom. The normalized spacial score (nSPS) is 42.0. The van der Waals surface area contributed by atoms with Crippen LogP contribution in [0.5, 0.6) is 0 Å². The highest BCUT2D eigenvalue weighted by Crippen LogP contribution is 2.50. The highest BCUT2D eigenvalue weighted by molar-refractivity contribution is 9.10. The molecule has 3 rings (SSSR count). The van der Waals surface area contributed by atoms with Gasteiger partial charge in [0, 0.05) is 24.2 Å². The van der Waals surface area contributed by atoms with Gasteiger partial charge in [0.15, 0.2) is 0 Å². The van der Waals surface area contributed by atoms with Crippen molar-refractivity contribution in [3.8, 4) is 0 Å². The van der Waals surface area contributed by atoms with E-state index in [1.54, 1.807) is 0 Å². The van der Waals surface area contributed by atoms with E-state index in [0.717, 1.165) is 11.1 Å². The predicted molar refractivity (Wildman–Crippen MR) is 54.2 cm³/mol. The molecule has 4 atom stereocenters. The second kappa shape index (κ2) is 2.59. The molecule has 1 aliphatic heterocycles. The Kier molecular flexibility index (Phi) is 1.60. The lowest BCUT2D eigenvalue weighted by Gasteiger charge is -2.12. The fraction of sp³-hybridized carbons (Fsp3) is 0.556. The highest BCUT2D eigenvalue weighted by atomic mass is 79.9. The molecule has 13 heavy (non-hydrogen) atoms. The smallest absolute Gasteiger partial charge is 0.0822 e. The van der Waals surface area contributed by atoms with E-state index in [4.69, 9.17) is 5.73 Å². The molecule has 3 nitrogen and oxygen atoms in total. The quantitative estimate of drug-likeness (QED) is 0.688. The SMILES string of the molecule is NC1C2CNC(c3ccc(Br)[nH]3)C12. The first-order valence-corrected chi connectivity index (χ1v) is 5.40. The molecular weight excluding hydrogens is 230 g/mol. The van der Waals surface area contributed by atoms with Crippen molar-refractivity contribution in [3.63, 3.8) is 0 Å². The number of H-pyrrole nitrogens is 1. The molecule has 2 aliphatic rings. The third-order valence-electron chi connectivity index (χ3n) is 3.26. The first-order chi connectivity index (χ1) is 6.27. The fourth-order valence-corrected chi connectivity index (χ4v) is 2.81. The van der Waals surface area contributed by atoms with Crippen LogP contribution in [0, 0.1) is 11.8 Å². The van der Waals surface area contributed by atoms with Crippen molar-refractivity contribution in [1.82, 2.24) is 10.3 Å². The van der Waals surface area contributed by atoms with Gasteiger partial charge in [0.2, 0.25) is 0 Å². The van der Waals surface area contributed by atoms with Crippen LogP contribution in [0.4, 0.5) is 0 Å². The number of hydrogen-bond acceptors (Lipinski definition) is 2. The third kappa shape index (κ3) is 1.09. The minimum atomic E-state index is 0.424. The molecule has 1 saturated carbocycles. The van der Waals surface area contributed by atoms with Crippen LogP contribution >= 0.6 is 15.9 Å². The van der Waals surface area contributed by atoms with Gasteiger partial charge in [-0.3, -0.25) is 0 Å². The molecule has 4 unspecified atom stereocenters. The third-order valence-corrected chi connectivity index (χ3v) is 3.72. The summed E-state index contributed by atoms with van der Waals surface area (Å²) >= 11 is 3.41. The molecule has 0 radical (unpaired) electrons. The lowest BCUT2D eigenvalue weighted by atomic mass is 10.1. The van der Waals surface area contributed by atoms with E-state index >= 15 is 0 Å². The molecule has 0 aromatic carbocycles. The summed E-state index contributed by atoms with van der Waals surface area (Å²) in [5.74, 6) is 1.37. The maximum absolute atomic E-state index is 5.94. The number of piperidine rings is 1. The first kappa shape index (κ1) is 8.03. The lowest BCUT2D eigenvalue weighted by molar-refractivity contribution is 0.526. The monoisotopic (exact) mass is 241 g/mol. The summed E-state index contributed by atoms with van der Waals surface area (Å²) in [6, 6.07) is 5.03. The predicted octanol–water partition coefficient (Wildman–Crippen LogP) is 0.995. The Morgan fingerprint density at radius 2 is 2.31 bits per heavy atom. The Bertz CT molecular complexity index is 335. The largest absolute Gasteiger partial charge is 0.352 e. The van der Waals surface area contributed by atoms with Crippen molar-refractivity contribution < 1.29 is 0 Å². The zero-order chi connectivity index (χ0) is 9.00. The van der Waals surface area contributed by atoms with Crippen LogP contribution in [-0.2, 0) is 0 Å². The van der Waals surface area contributed by atoms with Gasteiger partial charge in [-0.15, -0.1) is 0 Å². The average Bonchev–Trinajstić information content (AvgIpc) is 2.58. The van der Waals surface area contributed by atoms with Crippen molar-refractivity contribution in [2.75, 3.05) is 6.54 Å². The van der Waals surface area contributed by atoms with Gasteiger partial charge in [0.1, 0.15) is 0 Å². The second-order valence-electron chi connectivity index (χ2n) is 3.97. The van der Waals surface area contributed by atoms with Gasteiger partial charge in [-0.05, 0) is 34.0 Å². The number of hydrogen-bond donors (Lipinski definition) is 3. The van der Waals surface area contributed by atoms with Crippen LogP contribution in [0.25, 0.3) is 0 Å². The number of halogens is 1. The maximum atomic E-state index is 5.94. The van der Waals surface area contributed by atoms with Gasteiger partial charge in [-0.1, -0.05) is 0 Å². The minimum Gasteiger partial charge on any atom is -0.352 e. The van der Waals surface area contributed by atoms with Crippen LogP contribution in [0.2, 0.25) is 0 Å². The average molecular weight is 242 g/mol. The van der Waals surface area contributed by atoms with Crippen LogP contribution in [-0.4, -0.2) is 17.6 Å². The molecular formula is C9H12BrN3. The van der Waals surface area contributed by atoms with Gasteiger partial charge < -0.3 is 16.0 Å². The molecule has 0 spiro atoms. The molecule has 0 amide bonds. The summed E-state index contributed by atoms with van der Waals surface area (Å²) in [6.07, 6.45) is 0. The minimum absolute atomic E-state index is 0.424. The van der Waals surface area contributed by atoms with E-state index < -0.39 is 0 Å². The second-order valence-corrected chi connectivity index (χ2v) is 4.82. The molecule has 2 heterocycles. The molecule has 4 N–H and O–H groups in total. The van der Waals surface area contributed by atoms with E-state index in [-0.39, 0.29) is 0 Å². The van der Waals surface area contributed by atoms with Crippen molar-refractivity contribution in [1.29, 1.82) is 0 Å². The van der Waals surface area contributed by atoms with Gasteiger partial charge >= 0.3 is 0 Å². The standard InChI is InChI=1S/C9H12BrN3/c10-6-2-1-5(13-6)9-7-4(3-12-9)8(7)11/h1-2,4,7-9,12-13H,3,11H2. The molecule has 1 saturated heterocycles. The van der Waals surface area contributed by atoms with Crippen molar-refractivity contribution >= 4 is 15.9 Å². The van der Waals surface area contributed by atoms with Crippen LogP contribution in [0.1, 0.15) is 11.7 Å². The zero-order valence-electron chi connectivity index (χ0n) is 7.13. The summed E-state index contributed by atoms with van der Waals surface area (Å²) in [6.45, 7) is 1.08. The Labute approximate surface area is 85.2 Å². The van der Waals surface area contributed by atoms with Crippen LogP contribution in [0.3, 0.4) is 0 Å². The molecule has 4 heteroatoms. The van der Waals surface area contributed by atoms with Crippen LogP contribution in [0.15, 0.2) is 16.7 Å². The van der Waals surface area contributed by atoms with E-state index in [0.29, 0.717) is 23.9 Å². The summed E-state index contributed by atoms with van der Waals surface area (Å²) in [5, 5.41) is 3.48. The Morgan fingerprint density at radius 3 is 2.85 bits per heavy atom. The summed E-state index contributed by atoms with van der Waals surface area (Å²) in [5.41, 5.74) is 7.20. The van der Waals surface area contributed by atoms with E-state index in [1.807, 2.05) is 6.07 Å². The first-order valence-electron chi connectivity index (χ1n) is 4.61. The number of aromatic nitrogens is 1. The van der Waals surface area contributed by atoms with Gasteiger partial charge in [-0.25, -0.2) is 0 Å². The highest BCUT2D eigenvalue weighted by Gasteiger charge is 2.56. The van der Waals surface area contributed by atoms with Gasteiger partial charge in [0.05, 0.1) is 10.6 Å². The number of rotatable bonds is 1. The summed E-state index contributed by atoms with van der Waals surface area (Å²) < 4.78 is 1.04. The van der Waals surface area contributed by atoms with Crippen LogP contribution < -0.4 is 11.1 Å². The fourth-order valence-electron chi connectivity index (χ4n) is 2.45. The molecule has 1 aromatic rings. The molecule has 0 bridgehead atoms. The zero-order valence-corrected chi connectivity index (χ0v) is 8.71. The number of nitrogens with one attached hydrogen (secondary N) is 2. The molecule has 70 valence electrons. The summed E-state index contributed by atoms with van der Waals surface area (Å²) in [4.78, 5) is 3.29.